The van der Waals surface area contributed by atoms with E-state index < -0.39 is 23.0 Å². The monoisotopic (exact) mass is 302 g/mol. The standard InChI is InChI=1S/C11H9F3N4O3/c1-21-10-7(3-2-4-15-10)9(11(12,13)14)17-5-8(16-6-17)18(19)20/h2-6,9H,1H3. The van der Waals surface area contributed by atoms with Crippen molar-refractivity contribution in [1.29, 1.82) is 0 Å². The van der Waals surface area contributed by atoms with Crippen molar-refractivity contribution >= 4 is 5.82 Å². The Balaban J connectivity index is 2.55. The van der Waals surface area contributed by atoms with Crippen molar-refractivity contribution in [3.63, 3.8) is 0 Å². The van der Waals surface area contributed by atoms with Crippen LogP contribution in [0.1, 0.15) is 11.6 Å². The van der Waals surface area contributed by atoms with E-state index in [-0.39, 0.29) is 11.4 Å². The number of aromatic nitrogens is 3. The Morgan fingerprint density at radius 1 is 1.43 bits per heavy atom. The molecular formula is C11H9F3N4O3. The lowest BCUT2D eigenvalue weighted by Crippen LogP contribution is -2.27. The molecule has 0 aliphatic rings. The van der Waals surface area contributed by atoms with Gasteiger partial charge in [-0.3, -0.25) is 4.57 Å². The van der Waals surface area contributed by atoms with E-state index >= 15 is 0 Å². The Hall–Kier alpha value is -2.65. The van der Waals surface area contributed by atoms with Gasteiger partial charge in [-0.2, -0.15) is 13.2 Å². The summed E-state index contributed by atoms with van der Waals surface area (Å²) in [6.07, 6.45) is -1.95. The van der Waals surface area contributed by atoms with Crippen molar-refractivity contribution in [3.05, 3.63) is 46.5 Å². The summed E-state index contributed by atoms with van der Waals surface area (Å²) in [5, 5.41) is 10.6. The molecule has 0 saturated carbocycles. The first kappa shape index (κ1) is 14.8. The van der Waals surface area contributed by atoms with Crippen LogP contribution in [-0.2, 0) is 0 Å². The lowest BCUT2D eigenvalue weighted by atomic mass is 10.1. The SMILES string of the molecule is COc1ncccc1C(n1cnc([N+](=O)[O-])c1)C(F)(F)F. The van der Waals surface area contributed by atoms with Crippen LogP contribution in [0, 0.1) is 10.1 Å². The number of nitro groups is 1. The molecule has 1 unspecified atom stereocenters. The fourth-order valence-electron chi connectivity index (χ4n) is 1.85. The number of nitrogens with zero attached hydrogens (tertiary/aromatic N) is 4. The molecule has 0 radical (unpaired) electrons. The van der Waals surface area contributed by atoms with E-state index in [4.69, 9.17) is 4.74 Å². The fourth-order valence-corrected chi connectivity index (χ4v) is 1.85. The molecule has 10 heteroatoms. The molecule has 7 nitrogen and oxygen atoms in total. The summed E-state index contributed by atoms with van der Waals surface area (Å²) in [5.74, 6) is -0.886. The minimum absolute atomic E-state index is 0.212. The summed E-state index contributed by atoms with van der Waals surface area (Å²) in [7, 11) is 1.19. The van der Waals surface area contributed by atoms with Gasteiger partial charge in [0.05, 0.1) is 7.11 Å². The quantitative estimate of drug-likeness (QED) is 0.639. The molecule has 0 saturated heterocycles. The average Bonchev–Trinajstić information content (AvgIpc) is 2.87. The van der Waals surface area contributed by atoms with Crippen molar-refractivity contribution in [2.45, 2.75) is 12.2 Å². The number of rotatable bonds is 4. The van der Waals surface area contributed by atoms with E-state index in [9.17, 15) is 23.3 Å². The molecule has 0 aromatic carbocycles. The zero-order valence-electron chi connectivity index (χ0n) is 10.6. The van der Waals surface area contributed by atoms with Gasteiger partial charge in [-0.05, 0) is 22.0 Å². The first-order valence-electron chi connectivity index (χ1n) is 5.58. The van der Waals surface area contributed by atoms with Crippen molar-refractivity contribution < 1.29 is 22.8 Å². The Morgan fingerprint density at radius 3 is 2.67 bits per heavy atom. The van der Waals surface area contributed by atoms with Gasteiger partial charge in [0.2, 0.25) is 12.2 Å². The highest BCUT2D eigenvalue weighted by molar-refractivity contribution is 5.31. The molecule has 0 aliphatic carbocycles. The minimum atomic E-state index is -4.70. The number of hydrogen-bond donors (Lipinski definition) is 0. The second-order valence-corrected chi connectivity index (χ2v) is 3.98. The van der Waals surface area contributed by atoms with E-state index in [2.05, 4.69) is 9.97 Å². The van der Waals surface area contributed by atoms with Crippen LogP contribution in [0.2, 0.25) is 0 Å². The molecular weight excluding hydrogens is 293 g/mol. The highest BCUT2D eigenvalue weighted by Gasteiger charge is 2.45. The van der Waals surface area contributed by atoms with Gasteiger partial charge in [0.25, 0.3) is 0 Å². The summed E-state index contributed by atoms with van der Waals surface area (Å²) in [6.45, 7) is 0. The lowest BCUT2D eigenvalue weighted by molar-refractivity contribution is -0.389. The summed E-state index contributed by atoms with van der Waals surface area (Å²) in [6, 6.07) is 0.333. The molecule has 2 heterocycles. The van der Waals surface area contributed by atoms with Gasteiger partial charge in [0.1, 0.15) is 6.20 Å². The minimum Gasteiger partial charge on any atom is -0.481 e. The highest BCUT2D eigenvalue weighted by Crippen LogP contribution is 2.39. The molecule has 1 atom stereocenters. The van der Waals surface area contributed by atoms with E-state index in [1.807, 2.05) is 0 Å². The summed E-state index contributed by atoms with van der Waals surface area (Å²) in [4.78, 5) is 16.7. The predicted molar refractivity (Wildman–Crippen MR) is 63.9 cm³/mol. The predicted octanol–water partition coefficient (Wildman–Crippen LogP) is 2.35. The van der Waals surface area contributed by atoms with Crippen LogP contribution in [0.15, 0.2) is 30.9 Å². The largest absolute Gasteiger partial charge is 0.481 e. The third kappa shape index (κ3) is 2.93. The molecule has 21 heavy (non-hydrogen) atoms. The van der Waals surface area contributed by atoms with Crippen LogP contribution in [0.5, 0.6) is 5.88 Å². The fraction of sp³-hybridized carbons (Fsp3) is 0.273. The second kappa shape index (κ2) is 5.38. The molecule has 2 rings (SSSR count). The summed E-state index contributed by atoms with van der Waals surface area (Å²) in [5.41, 5.74) is -0.264. The van der Waals surface area contributed by atoms with Crippen LogP contribution in [-0.4, -0.2) is 32.7 Å². The number of methoxy groups -OCH3 is 1. The third-order valence-corrected chi connectivity index (χ3v) is 2.67. The number of halogens is 3. The highest BCUT2D eigenvalue weighted by atomic mass is 19.4. The summed E-state index contributed by atoms with van der Waals surface area (Å²) >= 11 is 0. The van der Waals surface area contributed by atoms with Crippen LogP contribution in [0.3, 0.4) is 0 Å². The van der Waals surface area contributed by atoms with Crippen molar-refractivity contribution in [2.24, 2.45) is 0 Å². The second-order valence-electron chi connectivity index (χ2n) is 3.98. The molecule has 0 fully saturated rings. The van der Waals surface area contributed by atoms with Crippen molar-refractivity contribution in [3.8, 4) is 5.88 Å². The zero-order valence-corrected chi connectivity index (χ0v) is 10.6. The Bertz CT molecular complexity index is 656. The Kier molecular flexibility index (Phi) is 3.78. The number of imidazole rings is 1. The summed E-state index contributed by atoms with van der Waals surface area (Å²) < 4.78 is 45.4. The van der Waals surface area contributed by atoms with Crippen LogP contribution in [0.4, 0.5) is 19.0 Å². The number of ether oxygens (including phenoxy) is 1. The van der Waals surface area contributed by atoms with Crippen LogP contribution in [0.25, 0.3) is 0 Å². The molecule has 0 aliphatic heterocycles. The van der Waals surface area contributed by atoms with Crippen LogP contribution < -0.4 is 4.74 Å². The van der Waals surface area contributed by atoms with E-state index in [1.54, 1.807) is 0 Å². The number of pyridine rings is 1. The van der Waals surface area contributed by atoms with Crippen LogP contribution >= 0.6 is 0 Å². The van der Waals surface area contributed by atoms with Gasteiger partial charge in [-0.1, -0.05) is 0 Å². The molecule has 2 aromatic heterocycles. The van der Waals surface area contributed by atoms with E-state index in [1.165, 1.54) is 25.4 Å². The third-order valence-electron chi connectivity index (χ3n) is 2.67. The smallest absolute Gasteiger partial charge is 0.413 e. The molecule has 0 spiro atoms. The zero-order chi connectivity index (χ0) is 15.6. The van der Waals surface area contributed by atoms with Gasteiger partial charge in [-0.25, -0.2) is 4.98 Å². The van der Waals surface area contributed by atoms with E-state index in [0.29, 0.717) is 10.8 Å². The van der Waals surface area contributed by atoms with E-state index in [0.717, 1.165) is 6.33 Å². The molecule has 0 N–H and O–H groups in total. The first-order valence-corrected chi connectivity index (χ1v) is 5.58. The molecule has 112 valence electrons. The average molecular weight is 302 g/mol. The van der Waals surface area contributed by atoms with Crippen molar-refractivity contribution in [1.82, 2.24) is 14.5 Å². The number of alkyl halides is 3. The van der Waals surface area contributed by atoms with Gasteiger partial charge in [-0.15, -0.1) is 0 Å². The first-order chi connectivity index (χ1) is 9.84. The molecule has 2 aromatic rings. The normalized spacial score (nSPS) is 13.0. The lowest BCUT2D eigenvalue weighted by Gasteiger charge is -2.22. The van der Waals surface area contributed by atoms with Crippen molar-refractivity contribution in [2.75, 3.05) is 7.11 Å². The van der Waals surface area contributed by atoms with Gasteiger partial charge >= 0.3 is 12.0 Å². The van der Waals surface area contributed by atoms with Gasteiger partial charge in [0.15, 0.2) is 6.04 Å². The Labute approximate surface area is 116 Å². The maximum atomic E-state index is 13.3. The topological polar surface area (TPSA) is 83.1 Å². The number of hydrogen-bond acceptors (Lipinski definition) is 5. The Morgan fingerprint density at radius 2 is 2.14 bits per heavy atom. The molecule has 0 bridgehead atoms. The van der Waals surface area contributed by atoms with Gasteiger partial charge in [0, 0.05) is 11.8 Å². The maximum absolute atomic E-state index is 13.3. The molecule has 0 amide bonds. The maximum Gasteiger partial charge on any atom is 0.413 e. The van der Waals surface area contributed by atoms with Gasteiger partial charge < -0.3 is 14.9 Å².